The van der Waals surface area contributed by atoms with E-state index < -0.39 is 5.91 Å². The number of rotatable bonds is 4. The number of aromatic amines is 1. The Kier molecular flexibility index (Phi) is 3.55. The Morgan fingerprint density at radius 1 is 1.23 bits per heavy atom. The second kappa shape index (κ2) is 5.52. The normalized spacial score (nSPS) is 10.8. The van der Waals surface area contributed by atoms with Crippen molar-refractivity contribution < 1.29 is 4.79 Å². The minimum Gasteiger partial charge on any atom is -0.381 e. The minimum atomic E-state index is -0.530. The van der Waals surface area contributed by atoms with E-state index >= 15 is 0 Å². The highest BCUT2D eigenvalue weighted by Crippen LogP contribution is 2.21. The Hall–Kier alpha value is -2.82. The Morgan fingerprint density at radius 3 is 2.77 bits per heavy atom. The number of anilines is 1. The van der Waals surface area contributed by atoms with E-state index in [9.17, 15) is 4.79 Å². The van der Waals surface area contributed by atoms with E-state index in [1.165, 1.54) is 16.7 Å². The van der Waals surface area contributed by atoms with Gasteiger partial charge in [0.05, 0.1) is 5.52 Å². The molecule has 0 atom stereocenters. The molecule has 0 saturated heterocycles. The van der Waals surface area contributed by atoms with Gasteiger partial charge in [0.2, 0.25) is 0 Å². The van der Waals surface area contributed by atoms with Crippen LogP contribution in [-0.4, -0.2) is 16.1 Å². The van der Waals surface area contributed by atoms with Gasteiger partial charge >= 0.3 is 0 Å². The highest BCUT2D eigenvalue weighted by Gasteiger charge is 2.11. The summed E-state index contributed by atoms with van der Waals surface area (Å²) in [5.41, 5.74) is 11.1. The SMILES string of the molecule is Cc1ccc(CNc2ccc3[nH]nc(C(N)=O)c3c2)c(C)c1. The number of fused-ring (bicyclic) bond motifs is 1. The number of aromatic nitrogens is 2. The Morgan fingerprint density at radius 2 is 2.05 bits per heavy atom. The molecule has 2 aromatic carbocycles. The van der Waals surface area contributed by atoms with Crippen molar-refractivity contribution >= 4 is 22.5 Å². The summed E-state index contributed by atoms with van der Waals surface area (Å²) in [7, 11) is 0. The van der Waals surface area contributed by atoms with Crippen LogP contribution in [0.2, 0.25) is 0 Å². The van der Waals surface area contributed by atoms with Crippen molar-refractivity contribution in [3.63, 3.8) is 0 Å². The molecule has 3 aromatic rings. The van der Waals surface area contributed by atoms with Gasteiger partial charge in [-0.1, -0.05) is 23.8 Å². The molecular weight excluding hydrogens is 276 g/mol. The Balaban J connectivity index is 1.84. The standard InChI is InChI=1S/C17H18N4O/c1-10-3-4-12(11(2)7-10)9-19-13-5-6-15-14(8-13)16(17(18)22)21-20-15/h3-8,19H,9H2,1-2H3,(H2,18,22)(H,20,21). The lowest BCUT2D eigenvalue weighted by molar-refractivity contribution is 0.0997. The first-order chi connectivity index (χ1) is 10.5. The van der Waals surface area contributed by atoms with E-state index in [-0.39, 0.29) is 5.69 Å². The fraction of sp³-hybridized carbons (Fsp3) is 0.176. The quantitative estimate of drug-likeness (QED) is 0.691. The number of nitrogens with zero attached hydrogens (tertiary/aromatic N) is 1. The molecule has 0 aliphatic carbocycles. The molecule has 5 heteroatoms. The van der Waals surface area contributed by atoms with Crippen LogP contribution in [0.4, 0.5) is 5.69 Å². The van der Waals surface area contributed by atoms with Crippen molar-refractivity contribution in [3.8, 4) is 0 Å². The third-order valence-electron chi connectivity index (χ3n) is 3.78. The van der Waals surface area contributed by atoms with Gasteiger partial charge in [0.15, 0.2) is 5.69 Å². The predicted octanol–water partition coefficient (Wildman–Crippen LogP) is 2.89. The van der Waals surface area contributed by atoms with Gasteiger partial charge in [-0.25, -0.2) is 0 Å². The van der Waals surface area contributed by atoms with Gasteiger partial charge in [-0.05, 0) is 43.2 Å². The molecule has 0 radical (unpaired) electrons. The van der Waals surface area contributed by atoms with Gasteiger partial charge in [0.25, 0.3) is 5.91 Å². The molecular formula is C17H18N4O. The number of benzene rings is 2. The van der Waals surface area contributed by atoms with Crippen LogP contribution >= 0.6 is 0 Å². The number of carbonyl (C=O) groups is 1. The smallest absolute Gasteiger partial charge is 0.269 e. The molecule has 1 heterocycles. The molecule has 0 saturated carbocycles. The third-order valence-corrected chi connectivity index (χ3v) is 3.78. The molecule has 0 aliphatic heterocycles. The number of aryl methyl sites for hydroxylation is 2. The van der Waals surface area contributed by atoms with Crippen LogP contribution in [0.15, 0.2) is 36.4 Å². The van der Waals surface area contributed by atoms with Crippen LogP contribution in [-0.2, 0) is 6.54 Å². The number of hydrogen-bond donors (Lipinski definition) is 3. The van der Waals surface area contributed by atoms with Crippen molar-refractivity contribution in [2.45, 2.75) is 20.4 Å². The maximum atomic E-state index is 11.4. The molecule has 1 amide bonds. The maximum absolute atomic E-state index is 11.4. The fourth-order valence-corrected chi connectivity index (χ4v) is 2.55. The molecule has 0 unspecified atom stereocenters. The molecule has 5 nitrogen and oxygen atoms in total. The van der Waals surface area contributed by atoms with Crippen molar-refractivity contribution in [2.24, 2.45) is 5.73 Å². The van der Waals surface area contributed by atoms with Crippen LogP contribution in [0.5, 0.6) is 0 Å². The predicted molar refractivity (Wildman–Crippen MR) is 87.9 cm³/mol. The lowest BCUT2D eigenvalue weighted by Gasteiger charge is -2.10. The lowest BCUT2D eigenvalue weighted by Crippen LogP contribution is -2.11. The number of carbonyl (C=O) groups excluding carboxylic acids is 1. The number of hydrogen-bond acceptors (Lipinski definition) is 3. The summed E-state index contributed by atoms with van der Waals surface area (Å²) in [5, 5.41) is 10.9. The number of amides is 1. The monoisotopic (exact) mass is 294 g/mol. The average molecular weight is 294 g/mol. The van der Waals surface area contributed by atoms with Crippen molar-refractivity contribution in [1.82, 2.24) is 10.2 Å². The summed E-state index contributed by atoms with van der Waals surface area (Å²) in [6, 6.07) is 12.1. The largest absolute Gasteiger partial charge is 0.381 e. The average Bonchev–Trinajstić information content (AvgIpc) is 2.89. The van der Waals surface area contributed by atoms with Gasteiger partial charge in [-0.3, -0.25) is 9.89 Å². The summed E-state index contributed by atoms with van der Waals surface area (Å²) in [5.74, 6) is -0.530. The molecule has 0 aliphatic rings. The van der Waals surface area contributed by atoms with Gasteiger partial charge < -0.3 is 11.1 Å². The summed E-state index contributed by atoms with van der Waals surface area (Å²) in [6.07, 6.45) is 0. The van der Waals surface area contributed by atoms with Crippen molar-refractivity contribution in [1.29, 1.82) is 0 Å². The molecule has 22 heavy (non-hydrogen) atoms. The fourth-order valence-electron chi connectivity index (χ4n) is 2.55. The van der Waals surface area contributed by atoms with Crippen LogP contribution in [0.3, 0.4) is 0 Å². The highest BCUT2D eigenvalue weighted by molar-refractivity contribution is 6.04. The van der Waals surface area contributed by atoms with E-state index in [1.54, 1.807) is 0 Å². The maximum Gasteiger partial charge on any atom is 0.269 e. The zero-order valence-corrected chi connectivity index (χ0v) is 12.6. The van der Waals surface area contributed by atoms with Crippen LogP contribution in [0.1, 0.15) is 27.2 Å². The van der Waals surface area contributed by atoms with E-state index in [0.29, 0.717) is 0 Å². The Bertz CT molecular complexity index is 851. The topological polar surface area (TPSA) is 83.8 Å². The number of nitrogens with one attached hydrogen (secondary N) is 2. The number of H-pyrrole nitrogens is 1. The van der Waals surface area contributed by atoms with Crippen LogP contribution in [0.25, 0.3) is 10.9 Å². The Labute approximate surface area is 128 Å². The van der Waals surface area contributed by atoms with Crippen LogP contribution < -0.4 is 11.1 Å². The van der Waals surface area contributed by atoms with E-state index in [2.05, 4.69) is 47.6 Å². The molecule has 0 bridgehead atoms. The lowest BCUT2D eigenvalue weighted by atomic mass is 10.1. The van der Waals surface area contributed by atoms with Gasteiger partial charge in [-0.2, -0.15) is 5.10 Å². The summed E-state index contributed by atoms with van der Waals surface area (Å²) in [6.45, 7) is 4.91. The molecule has 1 aromatic heterocycles. The molecule has 0 spiro atoms. The van der Waals surface area contributed by atoms with Crippen LogP contribution in [0, 0.1) is 13.8 Å². The highest BCUT2D eigenvalue weighted by atomic mass is 16.1. The van der Waals surface area contributed by atoms with E-state index in [4.69, 9.17) is 5.73 Å². The van der Waals surface area contributed by atoms with Gasteiger partial charge in [0.1, 0.15) is 0 Å². The van der Waals surface area contributed by atoms with Gasteiger partial charge in [-0.15, -0.1) is 0 Å². The van der Waals surface area contributed by atoms with Gasteiger partial charge in [0, 0.05) is 17.6 Å². The zero-order valence-electron chi connectivity index (χ0n) is 12.6. The first-order valence-electron chi connectivity index (χ1n) is 7.12. The number of nitrogens with two attached hydrogens (primary N) is 1. The zero-order chi connectivity index (χ0) is 15.7. The minimum absolute atomic E-state index is 0.269. The third kappa shape index (κ3) is 2.65. The van der Waals surface area contributed by atoms with Crippen molar-refractivity contribution in [3.05, 3.63) is 58.8 Å². The summed E-state index contributed by atoms with van der Waals surface area (Å²) >= 11 is 0. The summed E-state index contributed by atoms with van der Waals surface area (Å²) in [4.78, 5) is 11.4. The molecule has 0 fully saturated rings. The number of primary amides is 1. The van der Waals surface area contributed by atoms with E-state index in [1.807, 2.05) is 18.2 Å². The molecule has 4 N–H and O–H groups in total. The molecule has 112 valence electrons. The molecule has 3 rings (SSSR count). The van der Waals surface area contributed by atoms with E-state index in [0.717, 1.165) is 23.1 Å². The first-order valence-corrected chi connectivity index (χ1v) is 7.12. The first kappa shape index (κ1) is 14.1. The second-order valence-electron chi connectivity index (χ2n) is 5.48. The second-order valence-corrected chi connectivity index (χ2v) is 5.48. The summed E-state index contributed by atoms with van der Waals surface area (Å²) < 4.78 is 0. The van der Waals surface area contributed by atoms with Crippen molar-refractivity contribution in [2.75, 3.05) is 5.32 Å².